The molecule has 2 rings (SSSR count). The van der Waals surface area contributed by atoms with Crippen molar-refractivity contribution in [1.82, 2.24) is 0 Å². The number of carbonyl (C=O) groups is 1. The number of nitro groups is 1. The van der Waals surface area contributed by atoms with Crippen LogP contribution in [0.4, 0.5) is 15.8 Å². The third-order valence-corrected chi connectivity index (χ3v) is 3.73. The van der Waals surface area contributed by atoms with Crippen LogP contribution in [0, 0.1) is 15.9 Å². The van der Waals surface area contributed by atoms with E-state index in [1.54, 1.807) is 6.07 Å². The van der Waals surface area contributed by atoms with Crippen molar-refractivity contribution >= 4 is 33.3 Å². The van der Waals surface area contributed by atoms with Gasteiger partial charge in [-0.1, -0.05) is 22.0 Å². The average Bonchev–Trinajstić information content (AvgIpc) is 2.58. The third-order valence-electron chi connectivity index (χ3n) is 3.24. The van der Waals surface area contributed by atoms with E-state index in [-0.39, 0.29) is 42.3 Å². The Hall–Kier alpha value is -2.52. The zero-order chi connectivity index (χ0) is 18.4. The van der Waals surface area contributed by atoms with Crippen molar-refractivity contribution < 1.29 is 24.0 Å². The number of esters is 1. The topological polar surface area (TPSA) is 102 Å². The molecule has 2 aromatic rings. The van der Waals surface area contributed by atoms with Gasteiger partial charge in [-0.2, -0.15) is 0 Å². The van der Waals surface area contributed by atoms with Crippen LogP contribution in [0.5, 0.6) is 0 Å². The van der Waals surface area contributed by atoms with E-state index in [0.29, 0.717) is 4.47 Å². The fourth-order valence-corrected chi connectivity index (χ4v) is 2.35. The van der Waals surface area contributed by atoms with E-state index in [1.165, 1.54) is 24.3 Å². The number of aliphatic hydroxyl groups excluding tert-OH is 1. The van der Waals surface area contributed by atoms with Crippen molar-refractivity contribution in [2.75, 3.05) is 18.5 Å². The lowest BCUT2D eigenvalue weighted by Crippen LogP contribution is -2.13. The summed E-state index contributed by atoms with van der Waals surface area (Å²) in [5.74, 6) is -1.38. The number of benzene rings is 2. The summed E-state index contributed by atoms with van der Waals surface area (Å²) in [7, 11) is 0. The standard InChI is InChI=1S/C16H14BrFN2O5/c17-11-2-1-10(14(18)7-11)9-25-16(22)13-8-12(20(23)24)3-4-15(13)19-5-6-21/h1-4,7-8,19,21H,5-6,9H2. The fourth-order valence-electron chi connectivity index (χ4n) is 2.02. The summed E-state index contributed by atoms with van der Waals surface area (Å²) >= 11 is 3.13. The summed E-state index contributed by atoms with van der Waals surface area (Å²) in [6.07, 6.45) is 0. The molecule has 0 fully saturated rings. The number of rotatable bonds is 7. The monoisotopic (exact) mass is 412 g/mol. The first-order valence-electron chi connectivity index (χ1n) is 7.16. The fraction of sp³-hybridized carbons (Fsp3) is 0.188. The van der Waals surface area contributed by atoms with Gasteiger partial charge in [0, 0.05) is 34.4 Å². The Labute approximate surface area is 150 Å². The average molecular weight is 413 g/mol. The summed E-state index contributed by atoms with van der Waals surface area (Å²) in [6, 6.07) is 7.96. The quantitative estimate of drug-likeness (QED) is 0.411. The van der Waals surface area contributed by atoms with E-state index in [1.807, 2.05) is 0 Å². The Bertz CT molecular complexity index is 800. The highest BCUT2D eigenvalue weighted by Gasteiger charge is 2.18. The number of anilines is 1. The van der Waals surface area contributed by atoms with E-state index in [2.05, 4.69) is 21.2 Å². The molecule has 0 spiro atoms. The van der Waals surface area contributed by atoms with Crippen LogP contribution in [0.1, 0.15) is 15.9 Å². The minimum absolute atomic E-state index is 0.0693. The van der Waals surface area contributed by atoms with Crippen molar-refractivity contribution in [2.24, 2.45) is 0 Å². The predicted octanol–water partition coefficient (Wildman–Crippen LogP) is 3.26. The summed E-state index contributed by atoms with van der Waals surface area (Å²) < 4.78 is 19.4. The molecule has 25 heavy (non-hydrogen) atoms. The smallest absolute Gasteiger partial charge is 0.340 e. The zero-order valence-corrected chi connectivity index (χ0v) is 14.5. The molecule has 0 aromatic heterocycles. The molecule has 0 bridgehead atoms. The number of aliphatic hydroxyl groups is 1. The number of halogens is 2. The van der Waals surface area contributed by atoms with Gasteiger partial charge in [0.25, 0.3) is 5.69 Å². The van der Waals surface area contributed by atoms with Crippen molar-refractivity contribution in [3.8, 4) is 0 Å². The molecule has 9 heteroatoms. The first-order valence-corrected chi connectivity index (χ1v) is 7.96. The van der Waals surface area contributed by atoms with Crippen LogP contribution >= 0.6 is 15.9 Å². The number of carbonyl (C=O) groups excluding carboxylic acids is 1. The maximum Gasteiger partial charge on any atom is 0.340 e. The van der Waals surface area contributed by atoms with E-state index in [0.717, 1.165) is 6.07 Å². The van der Waals surface area contributed by atoms with Gasteiger partial charge in [-0.05, 0) is 18.2 Å². The van der Waals surface area contributed by atoms with Gasteiger partial charge in [0.1, 0.15) is 12.4 Å². The molecule has 0 aliphatic rings. The molecule has 7 nitrogen and oxygen atoms in total. The largest absolute Gasteiger partial charge is 0.457 e. The first-order chi connectivity index (χ1) is 11.9. The SMILES string of the molecule is O=C(OCc1ccc(Br)cc1F)c1cc([N+](=O)[O-])ccc1NCCO. The molecule has 0 aliphatic carbocycles. The first kappa shape index (κ1) is 18.8. The van der Waals surface area contributed by atoms with Crippen LogP contribution in [0.25, 0.3) is 0 Å². The second-order valence-electron chi connectivity index (χ2n) is 4.95. The highest BCUT2D eigenvalue weighted by molar-refractivity contribution is 9.10. The molecule has 2 aromatic carbocycles. The van der Waals surface area contributed by atoms with Crippen LogP contribution < -0.4 is 5.32 Å². The number of nitrogens with one attached hydrogen (secondary N) is 1. The highest BCUT2D eigenvalue weighted by atomic mass is 79.9. The molecule has 0 aliphatic heterocycles. The van der Waals surface area contributed by atoms with Gasteiger partial charge in [-0.25, -0.2) is 9.18 Å². The molecular weight excluding hydrogens is 399 g/mol. The third kappa shape index (κ3) is 4.97. The van der Waals surface area contributed by atoms with Crippen LogP contribution in [0.3, 0.4) is 0 Å². The number of nitrogens with zero attached hydrogens (tertiary/aromatic N) is 1. The van der Waals surface area contributed by atoms with Gasteiger partial charge in [0.15, 0.2) is 0 Å². The molecule has 0 heterocycles. The Balaban J connectivity index is 2.20. The van der Waals surface area contributed by atoms with Crippen LogP contribution in [-0.4, -0.2) is 29.2 Å². The van der Waals surface area contributed by atoms with Gasteiger partial charge in [-0.15, -0.1) is 0 Å². The summed E-state index contributed by atoms with van der Waals surface area (Å²) in [6.45, 7) is -0.352. The summed E-state index contributed by atoms with van der Waals surface area (Å²) in [5, 5.41) is 22.5. The molecule has 0 radical (unpaired) electrons. The van der Waals surface area contributed by atoms with E-state index >= 15 is 0 Å². The molecular formula is C16H14BrFN2O5. The van der Waals surface area contributed by atoms with Gasteiger partial charge in [0.05, 0.1) is 17.1 Å². The molecule has 0 saturated carbocycles. The number of non-ortho nitro benzene ring substituents is 1. The molecule has 2 N–H and O–H groups in total. The van der Waals surface area contributed by atoms with Crippen molar-refractivity contribution in [3.05, 3.63) is 67.9 Å². The minimum atomic E-state index is -0.841. The number of ether oxygens (including phenoxy) is 1. The lowest BCUT2D eigenvalue weighted by Gasteiger charge is -2.11. The van der Waals surface area contributed by atoms with Crippen LogP contribution in [-0.2, 0) is 11.3 Å². The van der Waals surface area contributed by atoms with Gasteiger partial charge in [0.2, 0.25) is 0 Å². The van der Waals surface area contributed by atoms with Crippen molar-refractivity contribution in [1.29, 1.82) is 0 Å². The Morgan fingerprint density at radius 3 is 2.72 bits per heavy atom. The molecule has 0 amide bonds. The lowest BCUT2D eigenvalue weighted by molar-refractivity contribution is -0.384. The Morgan fingerprint density at radius 2 is 2.08 bits per heavy atom. The highest BCUT2D eigenvalue weighted by Crippen LogP contribution is 2.24. The number of hydrogen-bond donors (Lipinski definition) is 2. The maximum absolute atomic E-state index is 13.8. The van der Waals surface area contributed by atoms with Gasteiger partial charge < -0.3 is 15.2 Å². The second-order valence-corrected chi connectivity index (χ2v) is 5.86. The van der Waals surface area contributed by atoms with Gasteiger partial charge >= 0.3 is 5.97 Å². The summed E-state index contributed by atoms with van der Waals surface area (Å²) in [4.78, 5) is 22.5. The van der Waals surface area contributed by atoms with E-state index < -0.39 is 16.7 Å². The van der Waals surface area contributed by atoms with Crippen LogP contribution in [0.15, 0.2) is 40.9 Å². The van der Waals surface area contributed by atoms with Crippen LogP contribution in [0.2, 0.25) is 0 Å². The van der Waals surface area contributed by atoms with Crippen molar-refractivity contribution in [2.45, 2.75) is 6.61 Å². The van der Waals surface area contributed by atoms with Crippen molar-refractivity contribution in [3.63, 3.8) is 0 Å². The number of nitro benzene ring substituents is 1. The molecule has 0 atom stereocenters. The van der Waals surface area contributed by atoms with E-state index in [9.17, 15) is 19.3 Å². The normalized spacial score (nSPS) is 10.4. The molecule has 132 valence electrons. The number of hydrogen-bond acceptors (Lipinski definition) is 6. The lowest BCUT2D eigenvalue weighted by atomic mass is 10.1. The zero-order valence-electron chi connectivity index (χ0n) is 12.9. The summed E-state index contributed by atoms with van der Waals surface area (Å²) in [5.41, 5.74) is 0.101. The predicted molar refractivity (Wildman–Crippen MR) is 91.9 cm³/mol. The molecule has 0 saturated heterocycles. The minimum Gasteiger partial charge on any atom is -0.457 e. The van der Waals surface area contributed by atoms with E-state index in [4.69, 9.17) is 9.84 Å². The molecule has 0 unspecified atom stereocenters. The van der Waals surface area contributed by atoms with Gasteiger partial charge in [-0.3, -0.25) is 10.1 Å². The Kier molecular flexibility index (Phi) is 6.43. The Morgan fingerprint density at radius 1 is 1.32 bits per heavy atom. The maximum atomic E-state index is 13.8. The second kappa shape index (κ2) is 8.54.